The second-order valence-corrected chi connectivity index (χ2v) is 7.42. The number of carbonyl (C=O) groups is 2. The number of carbonyl (C=O) groups excluding carboxylic acids is 2. The quantitative estimate of drug-likeness (QED) is 0.419. The van der Waals surface area contributed by atoms with Gasteiger partial charge in [-0.3, -0.25) is 4.79 Å². The summed E-state index contributed by atoms with van der Waals surface area (Å²) in [6, 6.07) is 9.07. The molecular weight excluding hydrogens is 453 g/mol. The van der Waals surface area contributed by atoms with Gasteiger partial charge in [-0.1, -0.05) is 29.9 Å². The fraction of sp³-hybridized carbons (Fsp3) is 0.286. The predicted octanol–water partition coefficient (Wildman–Crippen LogP) is 5.35. The summed E-state index contributed by atoms with van der Waals surface area (Å²) in [7, 11) is 2.94. The highest BCUT2D eigenvalue weighted by atomic mass is 35.5. The molecule has 0 bridgehead atoms. The van der Waals surface area contributed by atoms with E-state index in [2.05, 4.69) is 0 Å². The standard InChI is InChI=1S/C21H20ClF3N2O3S/c1-4-30-20(29)16-11-14(22)8-9-17(16)27(3)18(28)12-19(31)26(2)15-7-5-6-13(10-15)21(23,24)25/h5-11H,4,12H2,1-3H3. The van der Waals surface area contributed by atoms with Gasteiger partial charge in [0.1, 0.15) is 0 Å². The average Bonchev–Trinajstić information content (AvgIpc) is 2.72. The number of ether oxygens (including phenoxy) is 1. The van der Waals surface area contributed by atoms with Gasteiger partial charge in [-0.25, -0.2) is 4.79 Å². The van der Waals surface area contributed by atoms with Crippen LogP contribution in [0.25, 0.3) is 0 Å². The molecule has 10 heteroatoms. The lowest BCUT2D eigenvalue weighted by Gasteiger charge is -2.24. The summed E-state index contributed by atoms with van der Waals surface area (Å²) < 4.78 is 43.9. The number of thiocarbonyl (C=S) groups is 1. The number of alkyl halides is 3. The van der Waals surface area contributed by atoms with Crippen molar-refractivity contribution in [2.75, 3.05) is 30.5 Å². The zero-order chi connectivity index (χ0) is 23.3. The van der Waals surface area contributed by atoms with Crippen LogP contribution in [0.3, 0.4) is 0 Å². The minimum atomic E-state index is -4.49. The van der Waals surface area contributed by atoms with E-state index in [0.717, 1.165) is 12.1 Å². The molecule has 5 nitrogen and oxygen atoms in total. The zero-order valence-corrected chi connectivity index (χ0v) is 18.6. The van der Waals surface area contributed by atoms with Crippen molar-refractivity contribution in [1.29, 1.82) is 0 Å². The van der Waals surface area contributed by atoms with Crippen LogP contribution < -0.4 is 9.80 Å². The van der Waals surface area contributed by atoms with Crippen LogP contribution >= 0.6 is 23.8 Å². The van der Waals surface area contributed by atoms with Gasteiger partial charge < -0.3 is 14.5 Å². The zero-order valence-electron chi connectivity index (χ0n) is 17.0. The first-order valence-corrected chi connectivity index (χ1v) is 9.91. The average molecular weight is 473 g/mol. The highest BCUT2D eigenvalue weighted by molar-refractivity contribution is 7.80. The Kier molecular flexibility index (Phi) is 8.02. The summed E-state index contributed by atoms with van der Waals surface area (Å²) in [4.78, 5) is 27.7. The van der Waals surface area contributed by atoms with Crippen molar-refractivity contribution in [1.82, 2.24) is 0 Å². The van der Waals surface area contributed by atoms with Crippen LogP contribution in [0.1, 0.15) is 29.3 Å². The van der Waals surface area contributed by atoms with Crippen molar-refractivity contribution in [3.63, 3.8) is 0 Å². The van der Waals surface area contributed by atoms with Gasteiger partial charge >= 0.3 is 12.1 Å². The first-order chi connectivity index (χ1) is 14.5. The van der Waals surface area contributed by atoms with Crippen molar-refractivity contribution >= 4 is 52.1 Å². The highest BCUT2D eigenvalue weighted by Crippen LogP contribution is 2.32. The smallest absolute Gasteiger partial charge is 0.416 e. The number of anilines is 2. The summed E-state index contributed by atoms with van der Waals surface area (Å²) in [6.07, 6.45) is -4.75. The Morgan fingerprint density at radius 2 is 1.77 bits per heavy atom. The van der Waals surface area contributed by atoms with Crippen molar-refractivity contribution in [2.45, 2.75) is 19.5 Å². The van der Waals surface area contributed by atoms with Gasteiger partial charge in [0.2, 0.25) is 5.91 Å². The Labute approximate surface area is 188 Å². The molecule has 0 aliphatic carbocycles. The maximum Gasteiger partial charge on any atom is 0.416 e. The van der Waals surface area contributed by atoms with Gasteiger partial charge in [0.15, 0.2) is 0 Å². The molecule has 0 aliphatic rings. The molecule has 2 aromatic carbocycles. The fourth-order valence-electron chi connectivity index (χ4n) is 2.71. The van der Waals surface area contributed by atoms with Crippen LogP contribution in [0.2, 0.25) is 5.02 Å². The van der Waals surface area contributed by atoms with Crippen LogP contribution in [-0.4, -0.2) is 37.6 Å². The maximum absolute atomic E-state index is 13.0. The number of benzene rings is 2. The summed E-state index contributed by atoms with van der Waals surface area (Å²) >= 11 is 11.2. The Morgan fingerprint density at radius 1 is 1.10 bits per heavy atom. The van der Waals surface area contributed by atoms with Gasteiger partial charge in [0.05, 0.1) is 34.8 Å². The molecule has 166 valence electrons. The fourth-order valence-corrected chi connectivity index (χ4v) is 3.11. The molecule has 0 aromatic heterocycles. The second kappa shape index (κ2) is 10.1. The lowest BCUT2D eigenvalue weighted by Crippen LogP contribution is -2.34. The van der Waals surface area contributed by atoms with Crippen LogP contribution in [0.15, 0.2) is 42.5 Å². The second-order valence-electron chi connectivity index (χ2n) is 6.51. The number of hydrogen-bond donors (Lipinski definition) is 0. The predicted molar refractivity (Wildman–Crippen MR) is 118 cm³/mol. The number of esters is 1. The third-order valence-corrected chi connectivity index (χ3v) is 5.08. The lowest BCUT2D eigenvalue weighted by atomic mass is 10.1. The molecule has 0 radical (unpaired) electrons. The van der Waals surface area contributed by atoms with E-state index in [9.17, 15) is 22.8 Å². The van der Waals surface area contributed by atoms with Crippen molar-refractivity contribution in [3.05, 3.63) is 58.6 Å². The Balaban J connectivity index is 2.20. The molecule has 0 atom stereocenters. The van der Waals surface area contributed by atoms with E-state index in [0.29, 0.717) is 5.02 Å². The van der Waals surface area contributed by atoms with E-state index in [-0.39, 0.29) is 35.0 Å². The van der Waals surface area contributed by atoms with E-state index in [1.165, 1.54) is 54.2 Å². The van der Waals surface area contributed by atoms with Crippen LogP contribution in [-0.2, 0) is 15.7 Å². The Morgan fingerprint density at radius 3 is 2.39 bits per heavy atom. The first-order valence-electron chi connectivity index (χ1n) is 9.12. The molecule has 0 saturated carbocycles. The minimum absolute atomic E-state index is 0.113. The first kappa shape index (κ1) is 24.6. The van der Waals surface area contributed by atoms with Gasteiger partial charge in [-0.2, -0.15) is 13.2 Å². The van der Waals surface area contributed by atoms with E-state index in [1.807, 2.05) is 0 Å². The lowest BCUT2D eigenvalue weighted by molar-refractivity contribution is -0.137. The molecule has 0 aliphatic heterocycles. The van der Waals surface area contributed by atoms with E-state index >= 15 is 0 Å². The molecule has 0 unspecified atom stereocenters. The normalized spacial score (nSPS) is 11.1. The molecule has 2 aromatic rings. The summed E-state index contributed by atoms with van der Waals surface area (Å²) in [5.41, 5.74) is -0.225. The third kappa shape index (κ3) is 6.18. The summed E-state index contributed by atoms with van der Waals surface area (Å²) in [5, 5.41) is 0.299. The van der Waals surface area contributed by atoms with Crippen molar-refractivity contribution in [2.24, 2.45) is 0 Å². The van der Waals surface area contributed by atoms with E-state index in [4.69, 9.17) is 28.6 Å². The molecular formula is C21H20ClF3N2O3S. The van der Waals surface area contributed by atoms with Gasteiger partial charge in [0, 0.05) is 24.8 Å². The van der Waals surface area contributed by atoms with Crippen molar-refractivity contribution in [3.8, 4) is 0 Å². The Hall–Kier alpha value is -2.65. The molecule has 2 rings (SSSR count). The maximum atomic E-state index is 13.0. The summed E-state index contributed by atoms with van der Waals surface area (Å²) in [5.74, 6) is -1.10. The van der Waals surface area contributed by atoms with Gasteiger partial charge in [-0.15, -0.1) is 0 Å². The molecule has 31 heavy (non-hydrogen) atoms. The minimum Gasteiger partial charge on any atom is -0.462 e. The van der Waals surface area contributed by atoms with Crippen LogP contribution in [0.5, 0.6) is 0 Å². The third-order valence-electron chi connectivity index (χ3n) is 4.43. The van der Waals surface area contributed by atoms with Crippen molar-refractivity contribution < 1.29 is 27.5 Å². The topological polar surface area (TPSA) is 49.9 Å². The van der Waals surface area contributed by atoms with Crippen LogP contribution in [0.4, 0.5) is 24.5 Å². The molecule has 0 N–H and O–H groups in total. The molecule has 0 heterocycles. The number of halogens is 4. The molecule has 1 amide bonds. The molecule has 0 saturated heterocycles. The van der Waals surface area contributed by atoms with Crippen LogP contribution in [0, 0.1) is 0 Å². The number of hydrogen-bond acceptors (Lipinski definition) is 4. The molecule has 0 fully saturated rings. The highest BCUT2D eigenvalue weighted by Gasteiger charge is 2.31. The van der Waals surface area contributed by atoms with Gasteiger partial charge in [0.25, 0.3) is 0 Å². The van der Waals surface area contributed by atoms with Gasteiger partial charge in [-0.05, 0) is 43.3 Å². The SMILES string of the molecule is CCOC(=O)c1cc(Cl)ccc1N(C)C(=O)CC(=S)N(C)c1cccc(C(F)(F)F)c1. The number of rotatable bonds is 6. The Bertz CT molecular complexity index is 998. The van der Waals surface area contributed by atoms with E-state index in [1.54, 1.807) is 6.92 Å². The number of amides is 1. The number of nitrogens with zero attached hydrogens (tertiary/aromatic N) is 2. The largest absolute Gasteiger partial charge is 0.462 e. The monoisotopic (exact) mass is 472 g/mol. The summed E-state index contributed by atoms with van der Waals surface area (Å²) in [6.45, 7) is 1.80. The van der Waals surface area contributed by atoms with E-state index < -0.39 is 23.6 Å². The molecule has 0 spiro atoms.